The van der Waals surface area contributed by atoms with Crippen molar-refractivity contribution in [2.45, 2.75) is 0 Å². The zero-order chi connectivity index (χ0) is 47.9. The topological polar surface area (TPSA) is 0 Å². The van der Waals surface area contributed by atoms with E-state index in [1.165, 1.54) is 185 Å². The molecule has 0 saturated carbocycles. The largest absolute Gasteiger partial charge is 0.0622 e. The van der Waals surface area contributed by atoms with Gasteiger partial charge >= 0.3 is 0 Å². The Morgan fingerprint density at radius 3 is 1.18 bits per heavy atom. The molecule has 0 spiro atoms. The molecule has 0 unspecified atom stereocenters. The Labute approximate surface area is 425 Å². The van der Waals surface area contributed by atoms with Gasteiger partial charge in [-0.15, -0.1) is 0 Å². The van der Waals surface area contributed by atoms with Crippen molar-refractivity contribution in [3.63, 3.8) is 0 Å². The van der Waals surface area contributed by atoms with E-state index in [1.54, 1.807) is 0 Å². The van der Waals surface area contributed by atoms with Crippen LogP contribution in [-0.2, 0) is 0 Å². The summed E-state index contributed by atoms with van der Waals surface area (Å²) >= 11 is 0. The second-order valence-corrected chi connectivity index (χ2v) is 20.8. The molecular formula is C74H40. The van der Waals surface area contributed by atoms with Crippen molar-refractivity contribution in [1.82, 2.24) is 0 Å². The SMILES string of the molecule is c1ccc(-c2ccccc2-c2c3c(c(-c4ccccc4)c4ccccc24)-c2ccc4c5ccc6c7c(-c8ccccc8)c8cc9ccccc9c9c%10ccccc%10c(c7c7ccc(c%10ccc-3c2c4%10)c5c67)c89)cc1. The molecule has 0 radical (unpaired) electrons. The van der Waals surface area contributed by atoms with Gasteiger partial charge in [0, 0.05) is 0 Å². The van der Waals surface area contributed by atoms with Crippen LogP contribution in [0.4, 0.5) is 0 Å². The summed E-state index contributed by atoms with van der Waals surface area (Å²) in [6.07, 6.45) is 0. The molecule has 0 heterocycles. The molecule has 0 aliphatic heterocycles. The van der Waals surface area contributed by atoms with E-state index in [2.05, 4.69) is 243 Å². The van der Waals surface area contributed by atoms with Crippen molar-refractivity contribution in [1.29, 1.82) is 0 Å². The Kier molecular flexibility index (Phi) is 7.43. The quantitative estimate of drug-likeness (QED) is 0.122. The molecule has 0 fully saturated rings. The lowest BCUT2D eigenvalue weighted by atomic mass is 9.81. The predicted molar refractivity (Wildman–Crippen MR) is 319 cm³/mol. The lowest BCUT2D eigenvalue weighted by Gasteiger charge is -2.22. The second-order valence-electron chi connectivity index (χ2n) is 20.8. The van der Waals surface area contributed by atoms with Crippen molar-refractivity contribution in [2.75, 3.05) is 0 Å². The van der Waals surface area contributed by atoms with Crippen molar-refractivity contribution in [3.8, 4) is 66.8 Å². The van der Waals surface area contributed by atoms with Crippen molar-refractivity contribution < 1.29 is 0 Å². The molecule has 17 aromatic carbocycles. The van der Waals surface area contributed by atoms with E-state index in [0.717, 1.165) is 0 Å². The average molecular weight is 929 g/mol. The molecule has 0 atom stereocenters. The van der Waals surface area contributed by atoms with E-state index in [-0.39, 0.29) is 0 Å². The van der Waals surface area contributed by atoms with Crippen LogP contribution in [0.2, 0.25) is 0 Å². The van der Waals surface area contributed by atoms with Crippen molar-refractivity contribution in [2.24, 2.45) is 0 Å². The van der Waals surface area contributed by atoms with E-state index in [0.29, 0.717) is 0 Å². The predicted octanol–water partition coefficient (Wildman–Crippen LogP) is 21.0. The average Bonchev–Trinajstić information content (AvgIpc) is 4.12. The van der Waals surface area contributed by atoms with E-state index in [1.807, 2.05) is 0 Å². The molecule has 74 heavy (non-hydrogen) atoms. The van der Waals surface area contributed by atoms with Gasteiger partial charge in [0.15, 0.2) is 0 Å². The molecule has 1 aliphatic rings. The van der Waals surface area contributed by atoms with Crippen LogP contribution in [0.15, 0.2) is 243 Å². The summed E-state index contributed by atoms with van der Waals surface area (Å²) in [5.74, 6) is 0. The maximum atomic E-state index is 2.48. The van der Waals surface area contributed by atoms with Gasteiger partial charge in [-0.3, -0.25) is 0 Å². The van der Waals surface area contributed by atoms with Crippen LogP contribution in [0.3, 0.4) is 0 Å². The minimum Gasteiger partial charge on any atom is -0.0622 e. The minimum absolute atomic E-state index is 1.22. The first-order chi connectivity index (χ1) is 36.8. The lowest BCUT2D eigenvalue weighted by Crippen LogP contribution is -1.95. The molecule has 18 rings (SSSR count). The number of hydrogen-bond acceptors (Lipinski definition) is 0. The highest BCUT2D eigenvalue weighted by Crippen LogP contribution is 2.62. The van der Waals surface area contributed by atoms with E-state index >= 15 is 0 Å². The highest BCUT2D eigenvalue weighted by atomic mass is 14.4. The zero-order valence-corrected chi connectivity index (χ0v) is 40.1. The van der Waals surface area contributed by atoms with Gasteiger partial charge in [0.05, 0.1) is 0 Å². The Bertz CT molecular complexity index is 5240. The number of fused-ring (bicyclic) bond motifs is 15. The number of rotatable bonds is 4. The molecule has 0 saturated heterocycles. The Morgan fingerprint density at radius 2 is 0.527 bits per heavy atom. The van der Waals surface area contributed by atoms with Gasteiger partial charge in [-0.25, -0.2) is 0 Å². The maximum Gasteiger partial charge on any atom is -0.000696 e. The van der Waals surface area contributed by atoms with Gasteiger partial charge in [-0.2, -0.15) is 0 Å². The number of benzene rings is 15. The highest BCUT2D eigenvalue weighted by molar-refractivity contribution is 6.53. The molecule has 0 nitrogen and oxygen atoms in total. The normalized spacial score (nSPS) is 12.6. The van der Waals surface area contributed by atoms with E-state index in [4.69, 9.17) is 0 Å². The third kappa shape index (κ3) is 4.75. The molecule has 0 bridgehead atoms. The fraction of sp³-hybridized carbons (Fsp3) is 0. The smallest absolute Gasteiger partial charge is 0.000696 e. The molecule has 0 heteroatoms. The second kappa shape index (κ2) is 14.1. The third-order valence-corrected chi connectivity index (χ3v) is 17.4. The van der Waals surface area contributed by atoms with Gasteiger partial charge in [-0.05, 0) is 191 Å². The van der Waals surface area contributed by atoms with Gasteiger partial charge in [-0.1, -0.05) is 237 Å². The molecular weight excluding hydrogens is 889 g/mol. The van der Waals surface area contributed by atoms with E-state index in [9.17, 15) is 0 Å². The fourth-order valence-corrected chi connectivity index (χ4v) is 14.7. The first-order valence-corrected chi connectivity index (χ1v) is 26.0. The first kappa shape index (κ1) is 39.0. The van der Waals surface area contributed by atoms with Crippen LogP contribution in [0.1, 0.15) is 0 Å². The van der Waals surface area contributed by atoms with Crippen LogP contribution in [-0.4, -0.2) is 0 Å². The summed E-state index contributed by atoms with van der Waals surface area (Å²) in [6.45, 7) is 0. The van der Waals surface area contributed by atoms with Gasteiger partial charge < -0.3 is 0 Å². The van der Waals surface area contributed by atoms with Crippen LogP contribution in [0.5, 0.6) is 0 Å². The molecule has 1 aliphatic carbocycles. The maximum absolute atomic E-state index is 2.48. The van der Waals surface area contributed by atoms with Crippen LogP contribution in [0.25, 0.3) is 185 Å². The Balaban J connectivity index is 1.01. The van der Waals surface area contributed by atoms with Crippen LogP contribution < -0.4 is 0 Å². The Morgan fingerprint density at radius 1 is 0.149 bits per heavy atom. The van der Waals surface area contributed by atoms with Gasteiger partial charge in [0.25, 0.3) is 0 Å². The van der Waals surface area contributed by atoms with Crippen molar-refractivity contribution in [3.05, 3.63) is 243 Å². The Hall–Kier alpha value is -9.62. The number of hydrogen-bond donors (Lipinski definition) is 0. The molecule has 17 aromatic rings. The zero-order valence-electron chi connectivity index (χ0n) is 40.1. The lowest BCUT2D eigenvalue weighted by molar-refractivity contribution is 1.59. The third-order valence-electron chi connectivity index (χ3n) is 17.4. The summed E-state index contributed by atoms with van der Waals surface area (Å²) in [4.78, 5) is 0. The molecule has 0 amide bonds. The summed E-state index contributed by atoms with van der Waals surface area (Å²) in [6, 6.07) is 91.9. The standard InChI is InChI=1S/C74H40/c1-4-18-41(19-5-1)45-25-12-13-27-47(45)66-49-29-15-14-28-48(49)61(42-20-6-2-7-21-42)70-56-36-32-52-53-33-37-57-68-59(39-35-55(65(53)68)54-34-38-58(72(66)70)67(56)64(52)54)73-69-51-31-17-16-30-50(51)63-46-26-11-10-24-44(46)40-60(74(63)69)62(71(57)73)43-22-8-3-9-23-43/h1-40H. The van der Waals surface area contributed by atoms with Gasteiger partial charge in [0.1, 0.15) is 0 Å². The van der Waals surface area contributed by atoms with Gasteiger partial charge in [0.2, 0.25) is 0 Å². The molecule has 0 aromatic heterocycles. The molecule has 0 N–H and O–H groups in total. The van der Waals surface area contributed by atoms with Crippen LogP contribution >= 0.6 is 0 Å². The highest BCUT2D eigenvalue weighted by Gasteiger charge is 2.34. The first-order valence-electron chi connectivity index (χ1n) is 26.0. The minimum atomic E-state index is 1.22. The summed E-state index contributed by atoms with van der Waals surface area (Å²) in [5.41, 5.74) is 15.4. The summed E-state index contributed by atoms with van der Waals surface area (Å²) < 4.78 is 0. The van der Waals surface area contributed by atoms with Crippen LogP contribution in [0, 0.1) is 0 Å². The fourth-order valence-electron chi connectivity index (χ4n) is 14.7. The monoisotopic (exact) mass is 928 g/mol. The van der Waals surface area contributed by atoms with E-state index < -0.39 is 0 Å². The summed E-state index contributed by atoms with van der Waals surface area (Å²) in [7, 11) is 0. The summed E-state index contributed by atoms with van der Waals surface area (Å²) in [5, 5.41) is 29.3. The molecule has 336 valence electrons. The van der Waals surface area contributed by atoms with Crippen molar-refractivity contribution >= 4 is 118 Å².